The first kappa shape index (κ1) is 11.6. The molecule has 82 valence electrons. The second-order valence-corrected chi connectivity index (χ2v) is 5.11. The second-order valence-electron chi connectivity index (χ2n) is 3.34. The predicted octanol–water partition coefficient (Wildman–Crippen LogP) is 4.22. The van der Waals surface area contributed by atoms with Crippen molar-refractivity contribution in [1.29, 1.82) is 0 Å². The van der Waals surface area contributed by atoms with Crippen LogP contribution in [0.15, 0.2) is 51.7 Å². The average Bonchev–Trinajstić information content (AvgIpc) is 2.30. The summed E-state index contributed by atoms with van der Waals surface area (Å²) in [5, 5.41) is 3.35. The molecule has 1 N–H and O–H groups in total. The lowest BCUT2D eigenvalue weighted by molar-refractivity contribution is 1.14. The molecule has 2 aromatic rings. The number of anilines is 1. The molecule has 0 fully saturated rings. The minimum absolute atomic E-state index is 0.801. The number of pyridine rings is 1. The van der Waals surface area contributed by atoms with Crippen LogP contribution in [0.3, 0.4) is 0 Å². The maximum absolute atomic E-state index is 4.02. The second kappa shape index (κ2) is 5.46. The van der Waals surface area contributed by atoms with Gasteiger partial charge < -0.3 is 5.32 Å². The van der Waals surface area contributed by atoms with Crippen LogP contribution in [0.2, 0.25) is 0 Å². The highest BCUT2D eigenvalue weighted by molar-refractivity contribution is 9.10. The maximum Gasteiger partial charge on any atom is 0.0590 e. The minimum Gasteiger partial charge on any atom is -0.380 e. The fourth-order valence-electron chi connectivity index (χ4n) is 1.32. The van der Waals surface area contributed by atoms with Crippen LogP contribution in [0.25, 0.3) is 0 Å². The number of rotatable bonds is 3. The molecular formula is C12H10Br2N2. The topological polar surface area (TPSA) is 24.9 Å². The van der Waals surface area contributed by atoms with Crippen molar-refractivity contribution in [3.63, 3.8) is 0 Å². The Hall–Kier alpha value is -0.870. The Morgan fingerprint density at radius 2 is 1.81 bits per heavy atom. The molecule has 0 bridgehead atoms. The number of aromatic nitrogens is 1. The van der Waals surface area contributed by atoms with E-state index in [0.29, 0.717) is 0 Å². The summed E-state index contributed by atoms with van der Waals surface area (Å²) in [6.45, 7) is 0.801. The van der Waals surface area contributed by atoms with Gasteiger partial charge >= 0.3 is 0 Å². The van der Waals surface area contributed by atoms with Gasteiger partial charge in [0.05, 0.1) is 10.2 Å². The van der Waals surface area contributed by atoms with E-state index >= 15 is 0 Å². The number of hydrogen-bond donors (Lipinski definition) is 1. The molecule has 0 spiro atoms. The summed E-state index contributed by atoms with van der Waals surface area (Å²) < 4.78 is 2.08. The molecule has 0 unspecified atom stereocenters. The van der Waals surface area contributed by atoms with Gasteiger partial charge in [-0.2, -0.15) is 0 Å². The van der Waals surface area contributed by atoms with Gasteiger partial charge in [-0.05, 0) is 39.7 Å². The number of nitrogens with zero attached hydrogens (tertiary/aromatic N) is 1. The zero-order valence-corrected chi connectivity index (χ0v) is 11.6. The summed E-state index contributed by atoms with van der Waals surface area (Å²) in [7, 11) is 0. The first-order chi connectivity index (χ1) is 7.75. The van der Waals surface area contributed by atoms with Crippen molar-refractivity contribution in [3.05, 3.63) is 57.2 Å². The van der Waals surface area contributed by atoms with Crippen LogP contribution in [0.5, 0.6) is 0 Å². The van der Waals surface area contributed by atoms with E-state index in [-0.39, 0.29) is 0 Å². The summed E-state index contributed by atoms with van der Waals surface area (Å²) in [6.07, 6.45) is 3.55. The summed E-state index contributed by atoms with van der Waals surface area (Å²) in [5.41, 5.74) is 2.30. The molecule has 0 saturated heterocycles. The van der Waals surface area contributed by atoms with E-state index in [1.807, 2.05) is 18.2 Å². The number of hydrogen-bond acceptors (Lipinski definition) is 2. The Kier molecular flexibility index (Phi) is 3.96. The van der Waals surface area contributed by atoms with Crippen molar-refractivity contribution < 1.29 is 0 Å². The largest absolute Gasteiger partial charge is 0.380 e. The molecule has 2 rings (SSSR count). The van der Waals surface area contributed by atoms with Gasteiger partial charge in [0.15, 0.2) is 0 Å². The molecule has 1 aromatic heterocycles. The van der Waals surface area contributed by atoms with Crippen molar-refractivity contribution in [1.82, 2.24) is 4.98 Å². The van der Waals surface area contributed by atoms with Crippen molar-refractivity contribution in [2.24, 2.45) is 0 Å². The van der Waals surface area contributed by atoms with E-state index in [1.54, 1.807) is 12.4 Å². The van der Waals surface area contributed by atoms with E-state index in [1.165, 1.54) is 5.56 Å². The smallest absolute Gasteiger partial charge is 0.0590 e. The molecule has 0 atom stereocenters. The zero-order chi connectivity index (χ0) is 11.4. The summed E-state index contributed by atoms with van der Waals surface area (Å²) in [6, 6.07) is 10.2. The number of halogens is 2. The van der Waals surface area contributed by atoms with Gasteiger partial charge in [0, 0.05) is 23.4 Å². The average molecular weight is 342 g/mol. The monoisotopic (exact) mass is 340 g/mol. The molecule has 2 nitrogen and oxygen atoms in total. The fraction of sp³-hybridized carbons (Fsp3) is 0.0833. The van der Waals surface area contributed by atoms with Crippen LogP contribution in [-0.2, 0) is 6.54 Å². The van der Waals surface area contributed by atoms with Gasteiger partial charge in [-0.25, -0.2) is 0 Å². The Balaban J connectivity index is 2.02. The van der Waals surface area contributed by atoms with Crippen LogP contribution in [-0.4, -0.2) is 4.98 Å². The van der Waals surface area contributed by atoms with Gasteiger partial charge in [0.25, 0.3) is 0 Å². The van der Waals surface area contributed by atoms with Crippen LogP contribution < -0.4 is 5.32 Å². The van der Waals surface area contributed by atoms with Crippen LogP contribution in [0.4, 0.5) is 5.69 Å². The van der Waals surface area contributed by atoms with E-state index in [9.17, 15) is 0 Å². The van der Waals surface area contributed by atoms with Gasteiger partial charge in [0.1, 0.15) is 0 Å². The van der Waals surface area contributed by atoms with Gasteiger partial charge in [0.2, 0.25) is 0 Å². The molecule has 0 aliphatic carbocycles. The van der Waals surface area contributed by atoms with Gasteiger partial charge in [-0.3, -0.25) is 4.98 Å². The highest BCUT2D eigenvalue weighted by atomic mass is 79.9. The third-order valence-electron chi connectivity index (χ3n) is 2.17. The predicted molar refractivity (Wildman–Crippen MR) is 73.4 cm³/mol. The molecule has 4 heteroatoms. The number of benzene rings is 1. The number of nitrogens with one attached hydrogen (secondary N) is 1. The molecule has 0 aliphatic rings. The third-order valence-corrected chi connectivity index (χ3v) is 3.33. The molecule has 0 amide bonds. The Labute approximate surface area is 111 Å². The zero-order valence-electron chi connectivity index (χ0n) is 8.45. The minimum atomic E-state index is 0.801. The van der Waals surface area contributed by atoms with E-state index in [4.69, 9.17) is 0 Å². The molecule has 16 heavy (non-hydrogen) atoms. The van der Waals surface area contributed by atoms with Crippen LogP contribution in [0.1, 0.15) is 5.56 Å². The van der Waals surface area contributed by atoms with E-state index in [2.05, 4.69) is 54.3 Å². The molecule has 0 saturated carbocycles. The van der Waals surface area contributed by atoms with Gasteiger partial charge in [-0.15, -0.1) is 0 Å². The van der Waals surface area contributed by atoms with Crippen molar-refractivity contribution >= 4 is 37.5 Å². The first-order valence-electron chi connectivity index (χ1n) is 4.83. The Bertz CT molecular complexity index is 469. The first-order valence-corrected chi connectivity index (χ1v) is 6.42. The van der Waals surface area contributed by atoms with Crippen molar-refractivity contribution in [3.8, 4) is 0 Å². The highest BCUT2D eigenvalue weighted by Gasteiger charge is 1.98. The maximum atomic E-state index is 4.02. The lowest BCUT2D eigenvalue weighted by atomic mass is 10.2. The Morgan fingerprint density at radius 1 is 1.06 bits per heavy atom. The Morgan fingerprint density at radius 3 is 2.50 bits per heavy atom. The van der Waals surface area contributed by atoms with Crippen LogP contribution >= 0.6 is 31.9 Å². The molecule has 1 aromatic carbocycles. The standard InChI is InChI=1S/C12H10Br2N2/c13-10-3-1-9(2-4-10)7-16-12-5-6-15-8-11(12)14/h1-6,8H,7H2,(H,15,16). The van der Waals surface area contributed by atoms with E-state index in [0.717, 1.165) is 21.2 Å². The van der Waals surface area contributed by atoms with Crippen molar-refractivity contribution in [2.45, 2.75) is 6.54 Å². The quantitative estimate of drug-likeness (QED) is 0.904. The molecular weight excluding hydrogens is 332 g/mol. The summed E-state index contributed by atoms with van der Waals surface area (Å²) in [4.78, 5) is 4.02. The highest BCUT2D eigenvalue weighted by Crippen LogP contribution is 2.20. The SMILES string of the molecule is Brc1ccc(CNc2ccncc2Br)cc1. The lowest BCUT2D eigenvalue weighted by Crippen LogP contribution is -1.99. The van der Waals surface area contributed by atoms with Crippen LogP contribution in [0, 0.1) is 0 Å². The van der Waals surface area contributed by atoms with Crippen molar-refractivity contribution in [2.75, 3.05) is 5.32 Å². The molecule has 1 heterocycles. The van der Waals surface area contributed by atoms with E-state index < -0.39 is 0 Å². The third kappa shape index (κ3) is 3.06. The summed E-state index contributed by atoms with van der Waals surface area (Å²) in [5.74, 6) is 0. The lowest BCUT2D eigenvalue weighted by Gasteiger charge is -2.07. The fourth-order valence-corrected chi connectivity index (χ4v) is 1.97. The van der Waals surface area contributed by atoms with Gasteiger partial charge in [-0.1, -0.05) is 28.1 Å². The molecule has 0 aliphatic heterocycles. The normalized spacial score (nSPS) is 10.1. The summed E-state index contributed by atoms with van der Waals surface area (Å²) >= 11 is 6.87. The molecule has 0 radical (unpaired) electrons.